The molecule has 1 aliphatic heterocycles. The number of halogens is 3. The Hall–Kier alpha value is -3.10. The molecule has 1 aromatic carbocycles. The van der Waals surface area contributed by atoms with Gasteiger partial charge in [-0.05, 0) is 29.2 Å². The fourth-order valence-electron chi connectivity index (χ4n) is 3.55. The van der Waals surface area contributed by atoms with Crippen LogP contribution in [-0.2, 0) is 29.1 Å². The fraction of sp³-hybridized carbons (Fsp3) is 0.435. The number of nitrogens with zero attached hydrogens (tertiary/aromatic N) is 2. The molecule has 0 fully saturated rings. The van der Waals surface area contributed by atoms with E-state index in [0.717, 1.165) is 11.1 Å². The second-order valence-corrected chi connectivity index (χ2v) is 7.89. The van der Waals surface area contributed by atoms with Gasteiger partial charge in [0.1, 0.15) is 6.04 Å². The number of hydrogen-bond donors (Lipinski definition) is 1. The largest absolute Gasteiger partial charge is 0.468 e. The van der Waals surface area contributed by atoms with Crippen LogP contribution < -0.4 is 10.1 Å². The minimum atomic E-state index is -4.46. The quantitative estimate of drug-likeness (QED) is 0.701. The second kappa shape index (κ2) is 10.0. The van der Waals surface area contributed by atoms with Gasteiger partial charge < -0.3 is 15.0 Å². The molecule has 1 N–H and O–H groups in total. The Morgan fingerprint density at radius 3 is 2.66 bits per heavy atom. The number of alkyl halides is 3. The number of carbonyl (C=O) groups is 2. The van der Waals surface area contributed by atoms with Gasteiger partial charge in [-0.25, -0.2) is 4.98 Å². The van der Waals surface area contributed by atoms with Gasteiger partial charge in [0.15, 0.2) is 6.61 Å². The summed E-state index contributed by atoms with van der Waals surface area (Å²) < 4.78 is 41.7. The lowest BCUT2D eigenvalue weighted by atomic mass is 9.92. The predicted molar refractivity (Wildman–Crippen MR) is 112 cm³/mol. The van der Waals surface area contributed by atoms with Crippen LogP contribution in [0.25, 0.3) is 0 Å². The van der Waals surface area contributed by atoms with Crippen LogP contribution in [-0.4, -0.2) is 40.5 Å². The van der Waals surface area contributed by atoms with Crippen LogP contribution in [0.15, 0.2) is 42.6 Å². The molecule has 2 atom stereocenters. The number of hydrogen-bond acceptors (Lipinski definition) is 4. The summed E-state index contributed by atoms with van der Waals surface area (Å²) in [5.74, 6) is -0.766. The molecule has 0 spiro atoms. The summed E-state index contributed by atoms with van der Waals surface area (Å²) in [4.78, 5) is 31.4. The van der Waals surface area contributed by atoms with Crippen LogP contribution >= 0.6 is 0 Å². The lowest BCUT2D eigenvalue weighted by molar-refractivity contribution is -0.154. The van der Waals surface area contributed by atoms with E-state index in [1.165, 1.54) is 12.3 Å². The topological polar surface area (TPSA) is 71.5 Å². The number of aromatic nitrogens is 1. The highest BCUT2D eigenvalue weighted by atomic mass is 19.4. The van der Waals surface area contributed by atoms with Crippen LogP contribution in [0.3, 0.4) is 0 Å². The molecule has 3 rings (SSSR count). The summed E-state index contributed by atoms with van der Waals surface area (Å²) in [6, 6.07) is 10.00. The molecule has 6 nitrogen and oxygen atoms in total. The van der Waals surface area contributed by atoms with Crippen LogP contribution in [0.5, 0.6) is 5.88 Å². The number of pyridine rings is 1. The maximum absolute atomic E-state index is 13.0. The van der Waals surface area contributed by atoms with Crippen molar-refractivity contribution in [2.75, 3.05) is 6.61 Å². The van der Waals surface area contributed by atoms with E-state index in [-0.39, 0.29) is 30.2 Å². The highest BCUT2D eigenvalue weighted by molar-refractivity contribution is 5.89. The van der Waals surface area contributed by atoms with Crippen LogP contribution in [0, 0.1) is 5.92 Å². The van der Waals surface area contributed by atoms with E-state index < -0.39 is 18.8 Å². The Labute approximate surface area is 184 Å². The monoisotopic (exact) mass is 449 g/mol. The first-order chi connectivity index (χ1) is 15.2. The molecular weight excluding hydrogens is 423 g/mol. The Morgan fingerprint density at radius 1 is 1.25 bits per heavy atom. The van der Waals surface area contributed by atoms with E-state index >= 15 is 0 Å². The molecule has 0 saturated heterocycles. The number of amides is 2. The summed E-state index contributed by atoms with van der Waals surface area (Å²) in [5.41, 5.74) is 2.59. The highest BCUT2D eigenvalue weighted by Crippen LogP contribution is 2.26. The van der Waals surface area contributed by atoms with Crippen LogP contribution in [0.4, 0.5) is 13.2 Å². The van der Waals surface area contributed by atoms with Gasteiger partial charge in [0.25, 0.3) is 0 Å². The average molecular weight is 449 g/mol. The number of nitrogens with one attached hydrogen (secondary N) is 1. The number of carbonyl (C=O) groups excluding carboxylic acids is 2. The predicted octanol–water partition coefficient (Wildman–Crippen LogP) is 3.64. The second-order valence-electron chi connectivity index (χ2n) is 7.89. The summed E-state index contributed by atoms with van der Waals surface area (Å²) in [6.45, 7) is 2.77. The van der Waals surface area contributed by atoms with Crippen molar-refractivity contribution >= 4 is 11.8 Å². The molecule has 2 amide bonds. The molecule has 0 aliphatic carbocycles. The van der Waals surface area contributed by atoms with Crippen LogP contribution in [0.2, 0.25) is 0 Å². The van der Waals surface area contributed by atoms with E-state index in [4.69, 9.17) is 0 Å². The van der Waals surface area contributed by atoms with Crippen molar-refractivity contribution < 1.29 is 27.5 Å². The zero-order chi connectivity index (χ0) is 23.3. The molecular formula is C23H26F3N3O3. The summed E-state index contributed by atoms with van der Waals surface area (Å²) in [7, 11) is 0. The van der Waals surface area contributed by atoms with Gasteiger partial charge in [-0.15, -0.1) is 0 Å². The van der Waals surface area contributed by atoms with Gasteiger partial charge >= 0.3 is 6.18 Å². The third-order valence-corrected chi connectivity index (χ3v) is 5.52. The Bertz CT molecular complexity index is 965. The fourth-order valence-corrected chi connectivity index (χ4v) is 3.55. The number of fused-ring (bicyclic) bond motifs is 1. The molecule has 1 aromatic heterocycles. The lowest BCUT2D eigenvalue weighted by Crippen LogP contribution is -2.53. The molecule has 0 bridgehead atoms. The average Bonchev–Trinajstić information content (AvgIpc) is 2.79. The van der Waals surface area contributed by atoms with Crippen molar-refractivity contribution in [1.29, 1.82) is 0 Å². The molecule has 32 heavy (non-hydrogen) atoms. The molecule has 1 aliphatic rings. The normalized spacial score (nSPS) is 16.8. The Balaban J connectivity index is 1.70. The molecule has 2 heterocycles. The minimum Gasteiger partial charge on any atom is -0.468 e. The van der Waals surface area contributed by atoms with Crippen molar-refractivity contribution in [2.24, 2.45) is 5.92 Å². The number of ether oxygens (including phenoxy) is 1. The Kier molecular flexibility index (Phi) is 7.37. The summed E-state index contributed by atoms with van der Waals surface area (Å²) >= 11 is 0. The first kappa shape index (κ1) is 23.6. The molecule has 172 valence electrons. The van der Waals surface area contributed by atoms with E-state index in [1.54, 1.807) is 11.0 Å². The van der Waals surface area contributed by atoms with E-state index in [9.17, 15) is 22.8 Å². The minimum absolute atomic E-state index is 0.0751. The van der Waals surface area contributed by atoms with Gasteiger partial charge in [0, 0.05) is 37.7 Å². The number of benzene rings is 1. The van der Waals surface area contributed by atoms with Crippen molar-refractivity contribution in [1.82, 2.24) is 15.2 Å². The molecule has 2 aromatic rings. The molecule has 0 unspecified atom stereocenters. The van der Waals surface area contributed by atoms with Gasteiger partial charge in [-0.2, -0.15) is 13.2 Å². The molecule has 0 saturated carbocycles. The van der Waals surface area contributed by atoms with E-state index in [1.807, 2.05) is 38.1 Å². The van der Waals surface area contributed by atoms with Gasteiger partial charge in [-0.3, -0.25) is 9.59 Å². The van der Waals surface area contributed by atoms with E-state index in [2.05, 4.69) is 15.0 Å². The van der Waals surface area contributed by atoms with Crippen LogP contribution in [0.1, 0.15) is 37.0 Å². The summed E-state index contributed by atoms with van der Waals surface area (Å²) in [5, 5.41) is 2.80. The zero-order valence-corrected chi connectivity index (χ0v) is 18.0. The lowest BCUT2D eigenvalue weighted by Gasteiger charge is -2.37. The van der Waals surface area contributed by atoms with Crippen molar-refractivity contribution in [3.8, 4) is 5.88 Å². The van der Waals surface area contributed by atoms with Gasteiger partial charge in [-0.1, -0.05) is 38.1 Å². The third-order valence-electron chi connectivity index (χ3n) is 5.52. The first-order valence-corrected chi connectivity index (χ1v) is 10.5. The highest BCUT2D eigenvalue weighted by Gasteiger charge is 2.35. The molecule has 9 heteroatoms. The van der Waals surface area contributed by atoms with Crippen molar-refractivity contribution in [2.45, 2.75) is 52.0 Å². The van der Waals surface area contributed by atoms with Crippen molar-refractivity contribution in [3.05, 3.63) is 59.3 Å². The Morgan fingerprint density at radius 2 is 1.97 bits per heavy atom. The standard InChI is InChI=1S/C23H26F3N3O3/c1-3-15(2)22(31)29-13-18-7-5-4-6-17(18)11-19(29)21(30)28-12-16-8-9-27-20(10-16)32-14-23(24,25)26/h4-10,15,19H,3,11-14H2,1-2H3,(H,28,30)/t15-,19+/m1/s1. The maximum Gasteiger partial charge on any atom is 0.422 e. The van der Waals surface area contributed by atoms with Gasteiger partial charge in [0.05, 0.1) is 0 Å². The maximum atomic E-state index is 13.0. The smallest absolute Gasteiger partial charge is 0.422 e. The molecule has 0 radical (unpaired) electrons. The third kappa shape index (κ3) is 5.99. The number of rotatable bonds is 7. The first-order valence-electron chi connectivity index (χ1n) is 10.5. The zero-order valence-electron chi connectivity index (χ0n) is 18.0. The van der Waals surface area contributed by atoms with Crippen molar-refractivity contribution in [3.63, 3.8) is 0 Å². The SMILES string of the molecule is CC[C@@H](C)C(=O)N1Cc2ccccc2C[C@H]1C(=O)NCc1ccnc(OCC(F)(F)F)c1. The van der Waals surface area contributed by atoms with E-state index in [0.29, 0.717) is 24.9 Å². The van der Waals surface area contributed by atoms with Gasteiger partial charge in [0.2, 0.25) is 17.7 Å². The summed E-state index contributed by atoms with van der Waals surface area (Å²) in [6.07, 6.45) is -2.07.